The van der Waals surface area contributed by atoms with Crippen LogP contribution in [-0.2, 0) is 15.0 Å². The molecule has 1 aliphatic rings. The van der Waals surface area contributed by atoms with Crippen molar-refractivity contribution >= 4 is 23.4 Å². The molecule has 0 radical (unpaired) electrons. The van der Waals surface area contributed by atoms with E-state index in [1.165, 1.54) is 12.1 Å². The molecule has 4 N–H and O–H groups in total. The number of anilines is 1. The Balaban J connectivity index is 1.73. The molecule has 3 rings (SSSR count). The molecule has 0 unspecified atom stereocenters. The minimum absolute atomic E-state index is 0.137. The first-order valence-corrected chi connectivity index (χ1v) is 9.15. The Labute approximate surface area is 162 Å². The van der Waals surface area contributed by atoms with Crippen molar-refractivity contribution in [1.82, 2.24) is 5.32 Å². The zero-order chi connectivity index (χ0) is 20.1. The van der Waals surface area contributed by atoms with E-state index in [0.717, 1.165) is 18.4 Å². The molecule has 146 valence electrons. The van der Waals surface area contributed by atoms with Crippen LogP contribution in [0.4, 0.5) is 10.1 Å². The lowest BCUT2D eigenvalue weighted by Gasteiger charge is -2.28. The Morgan fingerprint density at radius 3 is 2.14 bits per heavy atom. The van der Waals surface area contributed by atoms with Crippen molar-refractivity contribution in [3.05, 3.63) is 65.5 Å². The summed E-state index contributed by atoms with van der Waals surface area (Å²) in [5.74, 6) is -1.51. The molecule has 28 heavy (non-hydrogen) atoms. The minimum Gasteiger partial charge on any atom is -0.368 e. The minimum atomic E-state index is -0.675. The first-order chi connectivity index (χ1) is 13.4. The summed E-state index contributed by atoms with van der Waals surface area (Å²) >= 11 is 0. The highest BCUT2D eigenvalue weighted by Crippen LogP contribution is 2.42. The van der Waals surface area contributed by atoms with Gasteiger partial charge in [-0.15, -0.1) is 0 Å². The number of nitrogens with one attached hydrogen (secondary N) is 2. The maximum atomic E-state index is 13.3. The molecule has 1 saturated carbocycles. The molecule has 0 spiro atoms. The van der Waals surface area contributed by atoms with Crippen LogP contribution < -0.4 is 16.4 Å². The van der Waals surface area contributed by atoms with Crippen LogP contribution in [0.15, 0.2) is 48.5 Å². The van der Waals surface area contributed by atoms with E-state index in [9.17, 15) is 18.8 Å². The van der Waals surface area contributed by atoms with E-state index in [0.29, 0.717) is 24.1 Å². The molecule has 2 aromatic rings. The maximum absolute atomic E-state index is 13.3. The third kappa shape index (κ3) is 4.19. The summed E-state index contributed by atoms with van der Waals surface area (Å²) in [6, 6.07) is 12.5. The normalized spacial score (nSPS) is 15.0. The highest BCUT2D eigenvalue weighted by Gasteiger charge is 2.42. The summed E-state index contributed by atoms with van der Waals surface area (Å²) < 4.78 is 13.3. The van der Waals surface area contributed by atoms with Gasteiger partial charge in [0, 0.05) is 11.3 Å². The second-order valence-corrected chi connectivity index (χ2v) is 6.98. The summed E-state index contributed by atoms with van der Waals surface area (Å²) in [5.41, 5.74) is 6.06. The van der Waals surface area contributed by atoms with Crippen molar-refractivity contribution in [2.24, 2.45) is 5.73 Å². The van der Waals surface area contributed by atoms with Crippen molar-refractivity contribution in [1.29, 1.82) is 0 Å². The predicted molar refractivity (Wildman–Crippen MR) is 103 cm³/mol. The number of hydrogen-bond acceptors (Lipinski definition) is 3. The molecule has 2 aromatic carbocycles. The summed E-state index contributed by atoms with van der Waals surface area (Å²) in [4.78, 5) is 35.7. The van der Waals surface area contributed by atoms with E-state index in [1.807, 2.05) is 0 Å². The van der Waals surface area contributed by atoms with E-state index < -0.39 is 17.2 Å². The Kier molecular flexibility index (Phi) is 5.73. The zero-order valence-electron chi connectivity index (χ0n) is 15.3. The van der Waals surface area contributed by atoms with Crippen LogP contribution in [-0.4, -0.2) is 24.3 Å². The Bertz CT molecular complexity index is 873. The van der Waals surface area contributed by atoms with Gasteiger partial charge in [-0.05, 0) is 54.8 Å². The van der Waals surface area contributed by atoms with Crippen LogP contribution >= 0.6 is 0 Å². The molecule has 1 aliphatic carbocycles. The van der Waals surface area contributed by atoms with Gasteiger partial charge in [0.05, 0.1) is 12.0 Å². The lowest BCUT2D eigenvalue weighted by atomic mass is 9.78. The van der Waals surface area contributed by atoms with E-state index >= 15 is 0 Å². The van der Waals surface area contributed by atoms with Gasteiger partial charge in [-0.25, -0.2) is 4.39 Å². The lowest BCUT2D eigenvalue weighted by molar-refractivity contribution is -0.121. The fraction of sp³-hybridized carbons (Fsp3) is 0.286. The van der Waals surface area contributed by atoms with Crippen molar-refractivity contribution in [3.8, 4) is 0 Å². The summed E-state index contributed by atoms with van der Waals surface area (Å²) in [5, 5.41) is 5.32. The molecular formula is C21H22FN3O3. The average Bonchev–Trinajstić information content (AvgIpc) is 3.18. The van der Waals surface area contributed by atoms with Gasteiger partial charge in [-0.1, -0.05) is 25.0 Å². The summed E-state index contributed by atoms with van der Waals surface area (Å²) in [6.07, 6.45) is 3.28. The number of rotatable bonds is 6. The van der Waals surface area contributed by atoms with Gasteiger partial charge in [-0.2, -0.15) is 0 Å². The Morgan fingerprint density at radius 2 is 1.57 bits per heavy atom. The Morgan fingerprint density at radius 1 is 0.964 bits per heavy atom. The molecule has 6 nitrogen and oxygen atoms in total. The second kappa shape index (κ2) is 8.21. The molecule has 0 saturated heterocycles. The smallest absolute Gasteiger partial charge is 0.251 e. The molecule has 0 heterocycles. The van der Waals surface area contributed by atoms with Gasteiger partial charge in [-0.3, -0.25) is 14.4 Å². The summed E-state index contributed by atoms with van der Waals surface area (Å²) in [7, 11) is 0. The van der Waals surface area contributed by atoms with E-state index in [4.69, 9.17) is 5.73 Å². The van der Waals surface area contributed by atoms with Crippen molar-refractivity contribution in [3.63, 3.8) is 0 Å². The largest absolute Gasteiger partial charge is 0.368 e. The van der Waals surface area contributed by atoms with Crippen LogP contribution in [0.2, 0.25) is 0 Å². The fourth-order valence-corrected chi connectivity index (χ4v) is 3.62. The second-order valence-electron chi connectivity index (χ2n) is 6.98. The van der Waals surface area contributed by atoms with Crippen molar-refractivity contribution in [2.45, 2.75) is 31.1 Å². The molecule has 7 heteroatoms. The summed E-state index contributed by atoms with van der Waals surface area (Å²) in [6.45, 7) is -0.239. The molecule has 1 fully saturated rings. The highest BCUT2D eigenvalue weighted by atomic mass is 19.1. The number of carbonyl (C=O) groups excluding carboxylic acids is 3. The molecule has 0 atom stereocenters. The predicted octanol–water partition coefficient (Wildman–Crippen LogP) is 2.49. The van der Waals surface area contributed by atoms with Gasteiger partial charge in [0.25, 0.3) is 5.91 Å². The molecule has 0 aliphatic heterocycles. The maximum Gasteiger partial charge on any atom is 0.251 e. The zero-order valence-corrected chi connectivity index (χ0v) is 15.3. The number of hydrogen-bond donors (Lipinski definition) is 3. The van der Waals surface area contributed by atoms with Gasteiger partial charge in [0.1, 0.15) is 5.82 Å². The van der Waals surface area contributed by atoms with Crippen LogP contribution in [0, 0.1) is 5.82 Å². The van der Waals surface area contributed by atoms with Crippen molar-refractivity contribution in [2.75, 3.05) is 11.9 Å². The molecule has 0 bridgehead atoms. The Hall–Kier alpha value is -3.22. The first kappa shape index (κ1) is 19.5. The third-order valence-corrected chi connectivity index (χ3v) is 5.12. The number of halogens is 1. The first-order valence-electron chi connectivity index (χ1n) is 9.15. The molecule has 0 aromatic heterocycles. The van der Waals surface area contributed by atoms with E-state index in [2.05, 4.69) is 10.6 Å². The number of nitrogens with two attached hydrogens (primary N) is 1. The van der Waals surface area contributed by atoms with Gasteiger partial charge in [0.15, 0.2) is 0 Å². The van der Waals surface area contributed by atoms with E-state index in [-0.39, 0.29) is 18.3 Å². The standard InChI is InChI=1S/C21H22FN3O3/c22-16-7-5-15(6-8-16)21(11-1-2-12-21)20(28)25-17-9-3-14(4-10-17)19(27)24-13-18(23)26/h3-10H,1-2,11-13H2,(H2,23,26)(H,24,27)(H,25,28). The van der Waals surface area contributed by atoms with Crippen LogP contribution in [0.5, 0.6) is 0 Å². The third-order valence-electron chi connectivity index (χ3n) is 5.12. The lowest BCUT2D eigenvalue weighted by Crippen LogP contribution is -2.38. The number of amides is 3. The van der Waals surface area contributed by atoms with Gasteiger partial charge >= 0.3 is 0 Å². The van der Waals surface area contributed by atoms with Gasteiger partial charge in [0.2, 0.25) is 11.8 Å². The van der Waals surface area contributed by atoms with Gasteiger partial charge < -0.3 is 16.4 Å². The number of benzene rings is 2. The number of carbonyl (C=O) groups is 3. The quantitative estimate of drug-likeness (QED) is 0.714. The highest BCUT2D eigenvalue weighted by molar-refractivity contribution is 6.00. The molecule has 3 amide bonds. The van der Waals surface area contributed by atoms with Crippen LogP contribution in [0.1, 0.15) is 41.6 Å². The van der Waals surface area contributed by atoms with Crippen molar-refractivity contribution < 1.29 is 18.8 Å². The fourth-order valence-electron chi connectivity index (χ4n) is 3.62. The average molecular weight is 383 g/mol. The number of primary amides is 1. The monoisotopic (exact) mass is 383 g/mol. The topological polar surface area (TPSA) is 101 Å². The van der Waals surface area contributed by atoms with Crippen LogP contribution in [0.3, 0.4) is 0 Å². The molecular weight excluding hydrogens is 361 g/mol. The van der Waals surface area contributed by atoms with E-state index in [1.54, 1.807) is 36.4 Å². The SMILES string of the molecule is NC(=O)CNC(=O)c1ccc(NC(=O)C2(c3ccc(F)cc3)CCCC2)cc1. The van der Waals surface area contributed by atoms with Crippen LogP contribution in [0.25, 0.3) is 0 Å².